The Hall–Kier alpha value is -0.790. The molecule has 0 bridgehead atoms. The van der Waals surface area contributed by atoms with Crippen LogP contribution in [-0.4, -0.2) is 19.8 Å². The van der Waals surface area contributed by atoms with Gasteiger partial charge in [-0.25, -0.2) is 8.42 Å². The van der Waals surface area contributed by atoms with E-state index in [1.165, 1.54) is 17.4 Å². The predicted molar refractivity (Wildman–Crippen MR) is 83.8 cm³/mol. The molecular weight excluding hydrogens is 339 g/mol. The number of nitrogen functional groups attached to an aromatic ring is 1. The number of sulfonamides is 1. The maximum Gasteiger partial charge on any atom is 0.252 e. The lowest BCUT2D eigenvalue weighted by molar-refractivity contribution is 0.468. The topological polar surface area (TPSA) is 63.4 Å². The fourth-order valence-electron chi connectivity index (χ4n) is 1.61. The monoisotopic (exact) mass is 350 g/mol. The first-order valence-electron chi connectivity index (χ1n) is 5.55. The Labute approximate surface area is 131 Å². The molecule has 1 heterocycles. The maximum atomic E-state index is 12.4. The van der Waals surface area contributed by atoms with Crippen LogP contribution in [0.1, 0.15) is 5.56 Å². The quantitative estimate of drug-likeness (QED) is 0.918. The van der Waals surface area contributed by atoms with Gasteiger partial charge in [-0.1, -0.05) is 35.3 Å². The minimum absolute atomic E-state index is 0.138. The highest BCUT2D eigenvalue weighted by Gasteiger charge is 2.23. The van der Waals surface area contributed by atoms with Gasteiger partial charge >= 0.3 is 0 Å². The van der Waals surface area contributed by atoms with E-state index in [1.807, 2.05) is 0 Å². The van der Waals surface area contributed by atoms with E-state index in [9.17, 15) is 8.42 Å². The molecule has 0 radical (unpaired) electrons. The van der Waals surface area contributed by atoms with E-state index in [1.54, 1.807) is 23.6 Å². The van der Waals surface area contributed by atoms with Crippen molar-refractivity contribution in [3.63, 3.8) is 0 Å². The Bertz CT molecular complexity index is 729. The number of anilines is 1. The molecule has 0 saturated heterocycles. The first-order valence-corrected chi connectivity index (χ1v) is 8.63. The van der Waals surface area contributed by atoms with Crippen LogP contribution in [0.15, 0.2) is 33.9 Å². The molecule has 0 aliphatic rings. The smallest absolute Gasteiger partial charge is 0.252 e. The minimum atomic E-state index is -3.58. The van der Waals surface area contributed by atoms with Crippen molar-refractivity contribution in [2.45, 2.75) is 10.8 Å². The fraction of sp³-hybridized carbons (Fsp3) is 0.167. The molecule has 0 aliphatic heterocycles. The number of thiophene rings is 1. The summed E-state index contributed by atoms with van der Waals surface area (Å²) in [5.74, 6) is 0. The van der Waals surface area contributed by atoms with Gasteiger partial charge in [-0.2, -0.15) is 4.31 Å². The second-order valence-electron chi connectivity index (χ2n) is 4.17. The van der Waals surface area contributed by atoms with Gasteiger partial charge in [0.2, 0.25) is 0 Å². The van der Waals surface area contributed by atoms with E-state index >= 15 is 0 Å². The van der Waals surface area contributed by atoms with Gasteiger partial charge < -0.3 is 5.73 Å². The predicted octanol–water partition coefficient (Wildman–Crippen LogP) is 3.46. The third kappa shape index (κ3) is 3.10. The second kappa shape index (κ2) is 5.91. The Morgan fingerprint density at radius 1 is 1.35 bits per heavy atom. The Morgan fingerprint density at radius 2 is 2.05 bits per heavy atom. The number of halogens is 2. The summed E-state index contributed by atoms with van der Waals surface area (Å²) in [6, 6.07) is 6.56. The average Bonchev–Trinajstić information content (AvgIpc) is 2.82. The second-order valence-corrected chi connectivity index (χ2v) is 8.14. The molecule has 20 heavy (non-hydrogen) atoms. The van der Waals surface area contributed by atoms with Crippen molar-refractivity contribution in [3.05, 3.63) is 45.3 Å². The molecule has 1 aromatic heterocycles. The third-order valence-electron chi connectivity index (χ3n) is 2.68. The fourth-order valence-corrected chi connectivity index (χ4v) is 4.43. The first kappa shape index (κ1) is 15.6. The van der Waals surface area contributed by atoms with Crippen molar-refractivity contribution in [3.8, 4) is 0 Å². The third-order valence-corrected chi connectivity index (χ3v) is 6.78. The molecule has 2 aromatic rings. The minimum Gasteiger partial charge on any atom is -0.398 e. The van der Waals surface area contributed by atoms with E-state index in [0.29, 0.717) is 21.3 Å². The van der Waals surface area contributed by atoms with Crippen LogP contribution in [0.3, 0.4) is 0 Å². The highest BCUT2D eigenvalue weighted by atomic mass is 35.5. The Morgan fingerprint density at radius 3 is 2.65 bits per heavy atom. The van der Waals surface area contributed by atoms with E-state index in [-0.39, 0.29) is 10.8 Å². The van der Waals surface area contributed by atoms with Crippen LogP contribution in [0.5, 0.6) is 0 Å². The molecule has 1 aromatic carbocycles. The van der Waals surface area contributed by atoms with E-state index < -0.39 is 10.0 Å². The normalized spacial score (nSPS) is 12.0. The summed E-state index contributed by atoms with van der Waals surface area (Å²) >= 11 is 13.1. The van der Waals surface area contributed by atoms with E-state index in [4.69, 9.17) is 28.9 Å². The zero-order valence-electron chi connectivity index (χ0n) is 10.5. The van der Waals surface area contributed by atoms with Crippen molar-refractivity contribution >= 4 is 50.2 Å². The molecule has 0 fully saturated rings. The molecule has 0 atom stereocenters. The molecule has 0 amide bonds. The van der Waals surface area contributed by atoms with Gasteiger partial charge in [0.1, 0.15) is 4.21 Å². The van der Waals surface area contributed by atoms with Gasteiger partial charge in [0, 0.05) is 24.7 Å². The molecule has 0 aliphatic carbocycles. The first-order chi connectivity index (χ1) is 9.32. The van der Waals surface area contributed by atoms with Gasteiger partial charge in [0.25, 0.3) is 10.0 Å². The van der Waals surface area contributed by atoms with Crippen LogP contribution in [0.2, 0.25) is 10.0 Å². The molecule has 0 spiro atoms. The molecule has 2 rings (SSSR count). The van der Waals surface area contributed by atoms with Crippen molar-refractivity contribution in [1.82, 2.24) is 4.31 Å². The van der Waals surface area contributed by atoms with Crippen molar-refractivity contribution < 1.29 is 8.42 Å². The highest BCUT2D eigenvalue weighted by Crippen LogP contribution is 2.29. The summed E-state index contributed by atoms with van der Waals surface area (Å²) in [6.45, 7) is 0.138. The van der Waals surface area contributed by atoms with E-state index in [0.717, 1.165) is 11.3 Å². The standard InChI is InChI=1S/C12H12Cl2N2O2S2/c1-16(6-8-3-2-4-10(13)12(8)14)20(17,18)11-5-9(15)7-19-11/h2-5,7H,6,15H2,1H3. The number of hydrogen-bond donors (Lipinski definition) is 1. The molecule has 108 valence electrons. The molecule has 2 N–H and O–H groups in total. The van der Waals surface area contributed by atoms with Gasteiger partial charge in [-0.3, -0.25) is 0 Å². The zero-order chi connectivity index (χ0) is 14.9. The van der Waals surface area contributed by atoms with Crippen LogP contribution in [-0.2, 0) is 16.6 Å². The highest BCUT2D eigenvalue weighted by molar-refractivity contribution is 7.91. The van der Waals surface area contributed by atoms with Gasteiger partial charge in [0.05, 0.1) is 10.0 Å². The summed E-state index contributed by atoms with van der Waals surface area (Å²) in [5.41, 5.74) is 6.64. The lowest BCUT2D eigenvalue weighted by atomic mass is 10.2. The summed E-state index contributed by atoms with van der Waals surface area (Å²) in [5, 5.41) is 2.35. The Kier molecular flexibility index (Phi) is 4.61. The zero-order valence-corrected chi connectivity index (χ0v) is 13.7. The Balaban J connectivity index is 2.28. The van der Waals surface area contributed by atoms with Crippen molar-refractivity contribution in [2.24, 2.45) is 0 Å². The average molecular weight is 351 g/mol. The SMILES string of the molecule is CN(Cc1cccc(Cl)c1Cl)S(=O)(=O)c1cc(N)cs1. The number of benzene rings is 1. The van der Waals surface area contributed by atoms with E-state index in [2.05, 4.69) is 0 Å². The van der Waals surface area contributed by atoms with Crippen molar-refractivity contribution in [2.75, 3.05) is 12.8 Å². The van der Waals surface area contributed by atoms with Crippen LogP contribution in [0.4, 0.5) is 5.69 Å². The van der Waals surface area contributed by atoms with Crippen LogP contribution in [0, 0.1) is 0 Å². The van der Waals surface area contributed by atoms with Gasteiger partial charge in [-0.15, -0.1) is 11.3 Å². The van der Waals surface area contributed by atoms with Gasteiger partial charge in [-0.05, 0) is 17.7 Å². The number of hydrogen-bond acceptors (Lipinski definition) is 4. The lowest BCUT2D eigenvalue weighted by Gasteiger charge is -2.17. The summed E-state index contributed by atoms with van der Waals surface area (Å²) in [7, 11) is -2.09. The van der Waals surface area contributed by atoms with Crippen LogP contribution < -0.4 is 5.73 Å². The summed E-state index contributed by atoms with van der Waals surface area (Å²) < 4.78 is 26.1. The molecule has 0 unspecified atom stereocenters. The summed E-state index contributed by atoms with van der Waals surface area (Å²) in [4.78, 5) is 0. The molecular formula is C12H12Cl2N2O2S2. The number of rotatable bonds is 4. The maximum absolute atomic E-state index is 12.4. The van der Waals surface area contributed by atoms with Crippen LogP contribution in [0.25, 0.3) is 0 Å². The number of nitrogens with zero attached hydrogens (tertiary/aromatic N) is 1. The van der Waals surface area contributed by atoms with Crippen LogP contribution >= 0.6 is 34.5 Å². The van der Waals surface area contributed by atoms with Crippen molar-refractivity contribution in [1.29, 1.82) is 0 Å². The number of nitrogens with two attached hydrogens (primary N) is 1. The molecule has 8 heteroatoms. The molecule has 0 saturated carbocycles. The largest absolute Gasteiger partial charge is 0.398 e. The molecule has 4 nitrogen and oxygen atoms in total. The van der Waals surface area contributed by atoms with Gasteiger partial charge in [0.15, 0.2) is 0 Å². The lowest BCUT2D eigenvalue weighted by Crippen LogP contribution is -2.26. The summed E-state index contributed by atoms with van der Waals surface area (Å²) in [6.07, 6.45) is 0.